The van der Waals surface area contributed by atoms with E-state index in [1.165, 1.54) is 12.7 Å². The highest BCUT2D eigenvalue weighted by Crippen LogP contribution is 2.31. The average molecular weight is 393 g/mol. The molecule has 0 unspecified atom stereocenters. The first-order valence-electron chi connectivity index (χ1n) is 9.89. The van der Waals surface area contributed by atoms with E-state index in [1.54, 1.807) is 24.3 Å². The van der Waals surface area contributed by atoms with Gasteiger partial charge >= 0.3 is 11.9 Å². The molecule has 2 aliphatic heterocycles. The third-order valence-corrected chi connectivity index (χ3v) is 5.80. The molecule has 1 amide bonds. The van der Waals surface area contributed by atoms with E-state index in [0.717, 1.165) is 5.90 Å². The fourth-order valence-electron chi connectivity index (χ4n) is 4.18. The lowest BCUT2D eigenvalue weighted by atomic mass is 9.89. The molecular formula is C23H25N2O4+. The van der Waals surface area contributed by atoms with Gasteiger partial charge in [0.1, 0.15) is 12.1 Å². The van der Waals surface area contributed by atoms with Crippen molar-refractivity contribution in [2.45, 2.75) is 30.8 Å². The summed E-state index contributed by atoms with van der Waals surface area (Å²) in [5.74, 6) is 0.182. The molecule has 6 heteroatoms. The van der Waals surface area contributed by atoms with Crippen LogP contribution >= 0.6 is 0 Å². The minimum Gasteiger partial charge on any atom is -0.467 e. The summed E-state index contributed by atoms with van der Waals surface area (Å²) >= 11 is 0. The number of nitrogens with zero attached hydrogens (tertiary/aromatic N) is 1. The molecule has 2 aromatic rings. The number of rotatable bonds is 4. The molecule has 29 heavy (non-hydrogen) atoms. The molecule has 0 bridgehead atoms. The van der Waals surface area contributed by atoms with Crippen molar-refractivity contribution < 1.29 is 23.6 Å². The summed E-state index contributed by atoms with van der Waals surface area (Å²) in [5.41, 5.74) is 0.622. The lowest BCUT2D eigenvalue weighted by Crippen LogP contribution is -2.55. The molecule has 6 nitrogen and oxygen atoms in total. The predicted octanol–water partition coefficient (Wildman–Crippen LogP) is 2.69. The number of hydrogen-bond donors (Lipinski definition) is 1. The van der Waals surface area contributed by atoms with Crippen LogP contribution in [0.1, 0.15) is 41.2 Å². The Morgan fingerprint density at radius 1 is 1.07 bits per heavy atom. The number of hydrogen-bond acceptors (Lipinski definition) is 4. The summed E-state index contributed by atoms with van der Waals surface area (Å²) in [6.45, 7) is 1.19. The van der Waals surface area contributed by atoms with Gasteiger partial charge in [-0.3, -0.25) is 4.79 Å². The lowest BCUT2D eigenvalue weighted by molar-refractivity contribution is -0.563. The molecular weight excluding hydrogens is 368 g/mol. The Labute approximate surface area is 170 Å². The standard InChI is InChI=1S/C23H24N2O4/c1-28-22(27)23(24-21(26)18-10-6-3-7-11-18)13-12-20-25(15-14-23)19(16-29-20)17-8-4-2-5-9-17/h2-11,19H,12-16H2,1H3/p+1/t19-,23-/m1/s1. The van der Waals surface area contributed by atoms with Gasteiger partial charge in [0.2, 0.25) is 6.04 Å². The van der Waals surface area contributed by atoms with E-state index in [0.29, 0.717) is 38.0 Å². The number of esters is 1. The second-order valence-corrected chi connectivity index (χ2v) is 7.47. The van der Waals surface area contributed by atoms with Crippen molar-refractivity contribution in [2.24, 2.45) is 0 Å². The third-order valence-electron chi connectivity index (χ3n) is 5.80. The van der Waals surface area contributed by atoms with E-state index in [9.17, 15) is 9.59 Å². The van der Waals surface area contributed by atoms with Gasteiger partial charge in [0.25, 0.3) is 5.91 Å². The van der Waals surface area contributed by atoms with Crippen LogP contribution in [0.3, 0.4) is 0 Å². The van der Waals surface area contributed by atoms with Gasteiger partial charge in [-0.2, -0.15) is 4.58 Å². The second-order valence-electron chi connectivity index (χ2n) is 7.47. The predicted molar refractivity (Wildman–Crippen MR) is 108 cm³/mol. The molecule has 0 saturated carbocycles. The summed E-state index contributed by atoms with van der Waals surface area (Å²) in [5, 5.41) is 2.97. The monoisotopic (exact) mass is 393 g/mol. The molecule has 2 heterocycles. The van der Waals surface area contributed by atoms with E-state index in [-0.39, 0.29) is 11.9 Å². The molecule has 0 aromatic heterocycles. The third kappa shape index (κ3) is 3.75. The summed E-state index contributed by atoms with van der Waals surface area (Å²) in [6, 6.07) is 19.3. The minimum atomic E-state index is -1.08. The number of carbonyl (C=O) groups excluding carboxylic acids is 2. The molecule has 150 valence electrons. The SMILES string of the molecule is COC(=O)[C@@]1(NC(=O)c2ccccc2)CCC2=[N+](CC1)[C@@H](c1ccccc1)CO2. The molecule has 1 N–H and O–H groups in total. The van der Waals surface area contributed by atoms with Crippen molar-refractivity contribution in [1.82, 2.24) is 5.32 Å². The van der Waals surface area contributed by atoms with Crippen LogP contribution in [0, 0.1) is 0 Å². The Kier molecular flexibility index (Phi) is 5.34. The number of benzene rings is 2. The Hall–Kier alpha value is -3.15. The van der Waals surface area contributed by atoms with Crippen molar-refractivity contribution in [1.29, 1.82) is 0 Å². The highest BCUT2D eigenvalue weighted by atomic mass is 16.5. The normalized spacial score (nSPS) is 23.6. The molecule has 0 fully saturated rings. The van der Waals surface area contributed by atoms with E-state index < -0.39 is 11.5 Å². The fraction of sp³-hybridized carbons (Fsp3) is 0.348. The maximum Gasteiger partial charge on any atom is 0.337 e. The summed E-state index contributed by atoms with van der Waals surface area (Å²) < 4.78 is 13.3. The van der Waals surface area contributed by atoms with Gasteiger partial charge in [-0.1, -0.05) is 48.5 Å². The van der Waals surface area contributed by atoms with Crippen LogP contribution in [-0.4, -0.2) is 48.2 Å². The first-order valence-corrected chi connectivity index (χ1v) is 9.89. The molecule has 0 saturated heterocycles. The lowest BCUT2D eigenvalue weighted by Gasteiger charge is -2.30. The van der Waals surface area contributed by atoms with E-state index in [4.69, 9.17) is 9.47 Å². The van der Waals surface area contributed by atoms with Gasteiger partial charge in [-0.15, -0.1) is 0 Å². The van der Waals surface area contributed by atoms with E-state index in [2.05, 4.69) is 22.0 Å². The van der Waals surface area contributed by atoms with Crippen LogP contribution in [0.2, 0.25) is 0 Å². The van der Waals surface area contributed by atoms with Gasteiger partial charge in [-0.05, 0) is 18.6 Å². The minimum absolute atomic E-state index is 0.115. The fourth-order valence-corrected chi connectivity index (χ4v) is 4.18. The maximum atomic E-state index is 12.8. The molecule has 0 aliphatic carbocycles. The first-order chi connectivity index (χ1) is 14.1. The Morgan fingerprint density at radius 2 is 1.76 bits per heavy atom. The zero-order chi connectivity index (χ0) is 20.3. The second kappa shape index (κ2) is 8.07. The van der Waals surface area contributed by atoms with E-state index in [1.807, 2.05) is 24.3 Å². The van der Waals surface area contributed by atoms with Crippen molar-refractivity contribution >= 4 is 17.8 Å². The van der Waals surface area contributed by atoms with Gasteiger partial charge in [0.05, 0.1) is 13.5 Å². The van der Waals surface area contributed by atoms with Gasteiger partial charge < -0.3 is 14.8 Å². The van der Waals surface area contributed by atoms with Crippen molar-refractivity contribution in [3.05, 3.63) is 71.8 Å². The number of methoxy groups -OCH3 is 1. The number of carbonyl (C=O) groups is 2. The van der Waals surface area contributed by atoms with Gasteiger partial charge in [0, 0.05) is 17.5 Å². The van der Waals surface area contributed by atoms with Crippen LogP contribution in [-0.2, 0) is 14.3 Å². The number of amides is 1. The van der Waals surface area contributed by atoms with Gasteiger partial charge in [0.15, 0.2) is 6.61 Å². The Morgan fingerprint density at radius 3 is 2.45 bits per heavy atom. The highest BCUT2D eigenvalue weighted by Gasteiger charge is 2.48. The summed E-state index contributed by atoms with van der Waals surface area (Å²) in [6.07, 6.45) is 1.45. The van der Waals surface area contributed by atoms with Gasteiger partial charge in [-0.25, -0.2) is 4.79 Å². The Balaban J connectivity index is 1.57. The average Bonchev–Trinajstić information content (AvgIpc) is 3.10. The van der Waals surface area contributed by atoms with Crippen LogP contribution in [0.25, 0.3) is 0 Å². The van der Waals surface area contributed by atoms with Crippen molar-refractivity contribution in [2.75, 3.05) is 20.3 Å². The van der Waals surface area contributed by atoms with Crippen LogP contribution in [0.4, 0.5) is 0 Å². The maximum absolute atomic E-state index is 12.8. The molecule has 2 aliphatic rings. The molecule has 0 spiro atoms. The first kappa shape index (κ1) is 19.2. The van der Waals surface area contributed by atoms with Crippen LogP contribution in [0.15, 0.2) is 60.7 Å². The molecule has 4 rings (SSSR count). The summed E-state index contributed by atoms with van der Waals surface area (Å²) in [4.78, 5) is 25.6. The van der Waals surface area contributed by atoms with E-state index >= 15 is 0 Å². The smallest absolute Gasteiger partial charge is 0.337 e. The zero-order valence-corrected chi connectivity index (χ0v) is 16.5. The summed E-state index contributed by atoms with van der Waals surface area (Å²) in [7, 11) is 1.36. The highest BCUT2D eigenvalue weighted by molar-refractivity contribution is 5.98. The quantitative estimate of drug-likeness (QED) is 0.641. The van der Waals surface area contributed by atoms with Crippen molar-refractivity contribution in [3.8, 4) is 0 Å². The number of ether oxygens (including phenoxy) is 2. The van der Waals surface area contributed by atoms with Crippen LogP contribution < -0.4 is 5.32 Å². The Bertz CT molecular complexity index is 926. The molecule has 0 radical (unpaired) electrons. The van der Waals surface area contributed by atoms with Crippen molar-refractivity contribution in [3.63, 3.8) is 0 Å². The molecule has 2 aromatic carbocycles. The topological polar surface area (TPSA) is 67.6 Å². The number of nitrogens with one attached hydrogen (secondary N) is 1. The zero-order valence-electron chi connectivity index (χ0n) is 16.5. The largest absolute Gasteiger partial charge is 0.467 e. The van der Waals surface area contributed by atoms with Crippen LogP contribution in [0.5, 0.6) is 0 Å². The molecule has 2 atom stereocenters.